The average Bonchev–Trinajstić information content (AvgIpc) is 3.32. The van der Waals surface area contributed by atoms with Gasteiger partial charge in [0.15, 0.2) is 5.76 Å². The predicted molar refractivity (Wildman–Crippen MR) is 117 cm³/mol. The highest BCUT2D eigenvalue weighted by Gasteiger charge is 2.24. The van der Waals surface area contributed by atoms with Gasteiger partial charge in [-0.25, -0.2) is 0 Å². The second-order valence-electron chi connectivity index (χ2n) is 7.60. The van der Waals surface area contributed by atoms with Gasteiger partial charge in [-0.05, 0) is 74.3 Å². The molecule has 2 aromatic rings. The number of allylic oxidation sites excluding steroid dienone is 2. The number of rotatable bonds is 9. The smallest absolute Gasteiger partial charge is 0.289 e. The summed E-state index contributed by atoms with van der Waals surface area (Å²) < 4.78 is 5.22. The number of furan rings is 1. The Balaban J connectivity index is 1.32. The van der Waals surface area contributed by atoms with Crippen molar-refractivity contribution >= 4 is 11.6 Å². The maximum atomic E-state index is 12.3. The van der Waals surface area contributed by atoms with Gasteiger partial charge in [0.2, 0.25) is 0 Å². The Labute approximate surface area is 178 Å². The van der Waals surface area contributed by atoms with Gasteiger partial charge < -0.3 is 9.32 Å². The zero-order chi connectivity index (χ0) is 21.0. The monoisotopic (exact) mass is 404 g/mol. The molecule has 0 aliphatic carbocycles. The second-order valence-corrected chi connectivity index (χ2v) is 7.60. The fourth-order valence-electron chi connectivity index (χ4n) is 3.78. The van der Waals surface area contributed by atoms with E-state index in [9.17, 15) is 4.79 Å². The van der Waals surface area contributed by atoms with Crippen LogP contribution in [0.25, 0.3) is 4.95 Å². The van der Waals surface area contributed by atoms with Crippen LogP contribution in [0.15, 0.2) is 64.6 Å². The van der Waals surface area contributed by atoms with Gasteiger partial charge in [-0.2, -0.15) is 6.57 Å². The maximum Gasteiger partial charge on any atom is 0.289 e. The molecule has 3 heterocycles. The van der Waals surface area contributed by atoms with Gasteiger partial charge in [-0.1, -0.05) is 12.2 Å². The molecule has 1 fully saturated rings. The number of carbonyl (C=O) groups excluding carboxylic acids is 1. The van der Waals surface area contributed by atoms with Crippen LogP contribution in [0.5, 0.6) is 0 Å². The molecular weight excluding hydrogens is 376 g/mol. The highest BCUT2D eigenvalue weighted by Crippen LogP contribution is 2.23. The Morgan fingerprint density at radius 3 is 2.70 bits per heavy atom. The third-order valence-electron chi connectivity index (χ3n) is 5.49. The number of hydrogen-bond donors (Lipinski definition) is 0. The normalized spacial score (nSPS) is 15.4. The lowest BCUT2D eigenvalue weighted by Gasteiger charge is -2.31. The minimum atomic E-state index is 0.00185. The number of aromatic nitrogens is 1. The van der Waals surface area contributed by atoms with E-state index in [-0.39, 0.29) is 5.91 Å². The fourth-order valence-corrected chi connectivity index (χ4v) is 3.78. The number of nitrogens with zero attached hydrogens (tertiary/aromatic N) is 4. The molecule has 0 bridgehead atoms. The van der Waals surface area contributed by atoms with E-state index in [4.69, 9.17) is 11.0 Å². The minimum Gasteiger partial charge on any atom is -0.459 e. The van der Waals surface area contributed by atoms with Crippen LogP contribution in [0.4, 0.5) is 0 Å². The van der Waals surface area contributed by atoms with Crippen LogP contribution >= 0.6 is 0 Å². The number of piperidine rings is 1. The van der Waals surface area contributed by atoms with Gasteiger partial charge in [-0.3, -0.25) is 9.78 Å². The molecule has 30 heavy (non-hydrogen) atoms. The van der Waals surface area contributed by atoms with Gasteiger partial charge in [0, 0.05) is 31.9 Å². The number of amides is 1. The summed E-state index contributed by atoms with van der Waals surface area (Å²) in [5, 5.41) is 3.97. The molecule has 0 N–H and O–H groups in total. The molecule has 1 amide bonds. The first-order chi connectivity index (χ1) is 14.8. The van der Waals surface area contributed by atoms with Gasteiger partial charge in [0.25, 0.3) is 5.91 Å². The predicted octanol–water partition coefficient (Wildman–Crippen LogP) is 5.16. The largest absolute Gasteiger partial charge is 0.459 e. The molecule has 2 aromatic heterocycles. The molecule has 1 aliphatic heterocycles. The molecule has 156 valence electrons. The van der Waals surface area contributed by atoms with Crippen molar-refractivity contribution < 1.29 is 9.21 Å². The molecule has 0 radical (unpaired) electrons. The summed E-state index contributed by atoms with van der Waals surface area (Å²) in [7, 11) is 0. The zero-order valence-corrected chi connectivity index (χ0v) is 17.2. The van der Waals surface area contributed by atoms with Crippen molar-refractivity contribution in [1.29, 1.82) is 0 Å². The van der Waals surface area contributed by atoms with Crippen molar-refractivity contribution in [2.24, 2.45) is 11.0 Å². The van der Waals surface area contributed by atoms with E-state index >= 15 is 0 Å². The van der Waals surface area contributed by atoms with E-state index in [1.54, 1.807) is 30.8 Å². The molecule has 0 unspecified atom stereocenters. The number of carbonyl (C=O) groups is 1. The molecule has 6 heteroatoms. The summed E-state index contributed by atoms with van der Waals surface area (Å²) in [5.74, 6) is 1.10. The van der Waals surface area contributed by atoms with Crippen LogP contribution < -0.4 is 0 Å². The quantitative estimate of drug-likeness (QED) is 0.251. The molecule has 1 saturated heterocycles. The summed E-state index contributed by atoms with van der Waals surface area (Å²) in [6.45, 7) is 8.63. The van der Waals surface area contributed by atoms with E-state index in [1.807, 2.05) is 17.0 Å². The van der Waals surface area contributed by atoms with E-state index in [1.165, 1.54) is 0 Å². The van der Waals surface area contributed by atoms with Gasteiger partial charge >= 0.3 is 0 Å². The standard InChI is InChI=1S/C24H28N4O2/c1-25-27-22(19-21-10-14-26-15-11-21)8-5-3-2-4-7-20-12-16-28(17-13-20)24(29)23-9-6-18-30-23/h2-3,6,9-11,14-15,18,20H,4-5,7-8,12-13,16-17,19H2/b3-2+,27-22+. The molecule has 0 atom stereocenters. The Kier molecular flexibility index (Phi) is 8.40. The van der Waals surface area contributed by atoms with Crippen LogP contribution in [-0.4, -0.2) is 34.6 Å². The fraction of sp³-hybridized carbons (Fsp3) is 0.417. The topological polar surface area (TPSA) is 63.1 Å². The first-order valence-corrected chi connectivity index (χ1v) is 10.5. The lowest BCUT2D eigenvalue weighted by atomic mass is 9.92. The minimum absolute atomic E-state index is 0.00185. The van der Waals surface area contributed by atoms with Crippen molar-refractivity contribution in [2.75, 3.05) is 13.1 Å². The molecule has 1 aliphatic rings. The highest BCUT2D eigenvalue weighted by atomic mass is 16.3. The van der Waals surface area contributed by atoms with Gasteiger partial charge in [0.1, 0.15) is 5.71 Å². The first-order valence-electron chi connectivity index (χ1n) is 10.5. The summed E-state index contributed by atoms with van der Waals surface area (Å²) in [4.78, 5) is 21.4. The van der Waals surface area contributed by atoms with Gasteiger partial charge in [-0.15, -0.1) is 4.95 Å². The van der Waals surface area contributed by atoms with Crippen LogP contribution in [0.3, 0.4) is 0 Å². The van der Waals surface area contributed by atoms with Crippen molar-refractivity contribution in [3.05, 3.63) is 77.9 Å². The van der Waals surface area contributed by atoms with Crippen LogP contribution in [0.2, 0.25) is 0 Å². The Bertz CT molecular complexity index is 874. The molecule has 0 saturated carbocycles. The van der Waals surface area contributed by atoms with E-state index in [0.717, 1.165) is 62.9 Å². The molecular formula is C24H28N4O2. The Morgan fingerprint density at radius 1 is 1.23 bits per heavy atom. The molecule has 3 rings (SSSR count). The number of likely N-dealkylation sites (tertiary alicyclic amines) is 1. The second kappa shape index (κ2) is 11.7. The number of pyridine rings is 1. The lowest BCUT2D eigenvalue weighted by Crippen LogP contribution is -2.38. The summed E-state index contributed by atoms with van der Waals surface area (Å²) in [6, 6.07) is 7.40. The average molecular weight is 405 g/mol. The van der Waals surface area contributed by atoms with Crippen molar-refractivity contribution in [1.82, 2.24) is 9.88 Å². The zero-order valence-electron chi connectivity index (χ0n) is 17.2. The molecule has 6 nitrogen and oxygen atoms in total. The van der Waals surface area contributed by atoms with Crippen LogP contribution in [0, 0.1) is 12.5 Å². The van der Waals surface area contributed by atoms with E-state index in [0.29, 0.717) is 18.1 Å². The summed E-state index contributed by atoms with van der Waals surface area (Å²) in [6.07, 6.45) is 16.2. The highest BCUT2D eigenvalue weighted by molar-refractivity contribution is 5.91. The van der Waals surface area contributed by atoms with Gasteiger partial charge in [0.05, 0.1) is 11.4 Å². The van der Waals surface area contributed by atoms with Crippen molar-refractivity contribution in [2.45, 2.75) is 44.9 Å². The molecule has 0 aromatic carbocycles. The van der Waals surface area contributed by atoms with Crippen LogP contribution in [-0.2, 0) is 6.42 Å². The van der Waals surface area contributed by atoms with E-state index in [2.05, 4.69) is 27.2 Å². The SMILES string of the molecule is [C-]#[N+]/N=C(\CC/C=C/CCC1CCN(C(=O)c2ccco2)CC1)Cc1ccncc1. The summed E-state index contributed by atoms with van der Waals surface area (Å²) >= 11 is 0. The Hall–Kier alpha value is -3.20. The third-order valence-corrected chi connectivity index (χ3v) is 5.49. The lowest BCUT2D eigenvalue weighted by molar-refractivity contribution is 0.0655. The van der Waals surface area contributed by atoms with Crippen molar-refractivity contribution in [3.63, 3.8) is 0 Å². The molecule has 0 spiro atoms. The first kappa shape index (κ1) is 21.5. The Morgan fingerprint density at radius 2 is 2.00 bits per heavy atom. The van der Waals surface area contributed by atoms with Crippen LogP contribution in [0.1, 0.15) is 54.6 Å². The number of hydrogen-bond acceptors (Lipinski definition) is 4. The summed E-state index contributed by atoms with van der Waals surface area (Å²) in [5.41, 5.74) is 2.04. The maximum absolute atomic E-state index is 12.3. The third kappa shape index (κ3) is 6.70. The van der Waals surface area contributed by atoms with Crippen molar-refractivity contribution in [3.8, 4) is 0 Å². The van der Waals surface area contributed by atoms with E-state index < -0.39 is 0 Å².